The van der Waals surface area contributed by atoms with Crippen LogP contribution in [0.5, 0.6) is 5.75 Å². The Morgan fingerprint density at radius 3 is 2.50 bits per heavy atom. The third-order valence-corrected chi connectivity index (χ3v) is 4.04. The van der Waals surface area contributed by atoms with E-state index < -0.39 is 0 Å². The molecule has 0 aliphatic rings. The van der Waals surface area contributed by atoms with Gasteiger partial charge in [-0.1, -0.05) is 42.6 Å². The molecule has 3 nitrogen and oxygen atoms in total. The molecular formula is C18H16N2OS. The Morgan fingerprint density at radius 1 is 1.05 bits per heavy atom. The maximum absolute atomic E-state index is 5.50. The molecule has 0 aliphatic carbocycles. The molecule has 1 heterocycles. The Bertz CT molecular complexity index is 895. The summed E-state index contributed by atoms with van der Waals surface area (Å²) in [5.41, 5.74) is 3.85. The molecule has 0 saturated carbocycles. The third-order valence-electron chi connectivity index (χ3n) is 3.56. The topological polar surface area (TPSA) is 27.1 Å². The summed E-state index contributed by atoms with van der Waals surface area (Å²) in [4.78, 5) is 4.65. The smallest absolute Gasteiger partial charge is 0.132 e. The zero-order valence-corrected chi connectivity index (χ0v) is 13.3. The summed E-state index contributed by atoms with van der Waals surface area (Å²) in [7, 11) is 3.63. The first-order valence-corrected chi connectivity index (χ1v) is 7.38. The first-order chi connectivity index (χ1) is 10.7. The van der Waals surface area contributed by atoms with E-state index in [1.54, 1.807) is 7.11 Å². The van der Waals surface area contributed by atoms with Crippen LogP contribution in [0, 0.1) is 4.64 Å². The number of nitrogens with zero attached hydrogens (tertiary/aromatic N) is 2. The average Bonchev–Trinajstić information content (AvgIpc) is 2.57. The Morgan fingerprint density at radius 2 is 1.77 bits per heavy atom. The number of aryl methyl sites for hydroxylation is 1. The minimum absolute atomic E-state index is 0.725. The molecule has 0 N–H and O–H groups in total. The molecule has 1 aromatic heterocycles. The van der Waals surface area contributed by atoms with E-state index in [4.69, 9.17) is 17.0 Å². The van der Waals surface area contributed by atoms with Crippen molar-refractivity contribution < 1.29 is 4.74 Å². The van der Waals surface area contributed by atoms with Crippen LogP contribution in [-0.4, -0.2) is 16.7 Å². The summed E-state index contributed by atoms with van der Waals surface area (Å²) < 4.78 is 7.88. The van der Waals surface area contributed by atoms with Gasteiger partial charge in [0.05, 0.1) is 23.8 Å². The van der Waals surface area contributed by atoms with Crippen molar-refractivity contribution in [3.8, 4) is 5.75 Å². The van der Waals surface area contributed by atoms with Gasteiger partial charge in [-0.2, -0.15) is 0 Å². The summed E-state index contributed by atoms with van der Waals surface area (Å²) in [5.74, 6) is 0.844. The Hall–Kier alpha value is -2.46. The van der Waals surface area contributed by atoms with E-state index in [9.17, 15) is 0 Å². The van der Waals surface area contributed by atoms with E-state index in [1.165, 1.54) is 0 Å². The van der Waals surface area contributed by atoms with Crippen molar-refractivity contribution in [2.24, 2.45) is 7.05 Å². The van der Waals surface area contributed by atoms with Crippen LogP contribution in [0.2, 0.25) is 0 Å². The fraction of sp³-hybridized carbons (Fsp3) is 0.111. The molecule has 3 aromatic rings. The first-order valence-electron chi connectivity index (χ1n) is 6.97. The number of benzene rings is 2. The van der Waals surface area contributed by atoms with E-state index in [1.807, 2.05) is 72.3 Å². The Kier molecular flexibility index (Phi) is 4.02. The van der Waals surface area contributed by atoms with Crippen LogP contribution in [0.1, 0.15) is 11.3 Å². The fourth-order valence-corrected chi connectivity index (χ4v) is 2.51. The van der Waals surface area contributed by atoms with Gasteiger partial charge in [0.2, 0.25) is 0 Å². The van der Waals surface area contributed by atoms with Crippen molar-refractivity contribution >= 4 is 35.4 Å². The van der Waals surface area contributed by atoms with Crippen molar-refractivity contribution in [2.75, 3.05) is 7.11 Å². The van der Waals surface area contributed by atoms with Gasteiger partial charge in [-0.15, -0.1) is 0 Å². The molecule has 22 heavy (non-hydrogen) atoms. The highest BCUT2D eigenvalue weighted by Crippen LogP contribution is 2.17. The molecule has 2 aromatic carbocycles. The molecule has 0 radical (unpaired) electrons. The van der Waals surface area contributed by atoms with Gasteiger partial charge < -0.3 is 9.30 Å². The minimum Gasteiger partial charge on any atom is -0.497 e. The number of hydrogen-bond acceptors (Lipinski definition) is 3. The summed E-state index contributed by atoms with van der Waals surface area (Å²) in [6.07, 6.45) is 3.96. The zero-order chi connectivity index (χ0) is 15.5. The van der Waals surface area contributed by atoms with E-state index >= 15 is 0 Å². The second kappa shape index (κ2) is 6.12. The first kappa shape index (κ1) is 14.5. The van der Waals surface area contributed by atoms with Gasteiger partial charge in [0.25, 0.3) is 0 Å². The van der Waals surface area contributed by atoms with Gasteiger partial charge in [-0.05, 0) is 35.9 Å². The number of methoxy groups -OCH3 is 1. The average molecular weight is 308 g/mol. The molecule has 0 atom stereocenters. The van der Waals surface area contributed by atoms with Crippen molar-refractivity contribution in [2.45, 2.75) is 0 Å². The molecule has 0 aliphatic heterocycles. The second-order valence-corrected chi connectivity index (χ2v) is 5.34. The van der Waals surface area contributed by atoms with Crippen molar-refractivity contribution in [1.29, 1.82) is 0 Å². The monoisotopic (exact) mass is 308 g/mol. The van der Waals surface area contributed by atoms with Gasteiger partial charge in [0.1, 0.15) is 10.4 Å². The van der Waals surface area contributed by atoms with Crippen LogP contribution in [-0.2, 0) is 7.05 Å². The molecule has 0 fully saturated rings. The van der Waals surface area contributed by atoms with Gasteiger partial charge in [0.15, 0.2) is 0 Å². The van der Waals surface area contributed by atoms with Gasteiger partial charge in [0, 0.05) is 7.05 Å². The normalized spacial score (nSPS) is 11.2. The van der Waals surface area contributed by atoms with Crippen molar-refractivity contribution in [3.05, 3.63) is 64.4 Å². The minimum atomic E-state index is 0.725. The largest absolute Gasteiger partial charge is 0.497 e. The van der Waals surface area contributed by atoms with E-state index in [0.29, 0.717) is 0 Å². The highest BCUT2D eigenvalue weighted by molar-refractivity contribution is 7.71. The fourth-order valence-electron chi connectivity index (χ4n) is 2.30. The predicted octanol–water partition coefficient (Wildman–Crippen LogP) is 4.48. The number of ether oxygens (including phenoxy) is 1. The predicted molar refractivity (Wildman–Crippen MR) is 93.5 cm³/mol. The Labute approximate surface area is 134 Å². The van der Waals surface area contributed by atoms with Crippen LogP contribution in [0.3, 0.4) is 0 Å². The van der Waals surface area contributed by atoms with Gasteiger partial charge in [-0.25, -0.2) is 4.98 Å². The summed E-state index contributed by atoms with van der Waals surface area (Å²) >= 11 is 5.50. The standard InChI is InChI=1S/C18H16N2OS/c1-20-17-6-4-3-5-15(17)19-16(18(20)22)12-9-13-7-10-14(21-2)11-8-13/h3-12H,1-2H3/b12-9+. The Balaban J connectivity index is 2.01. The summed E-state index contributed by atoms with van der Waals surface area (Å²) in [5, 5.41) is 0. The number of fused-ring (bicyclic) bond motifs is 1. The molecule has 0 amide bonds. The molecular weight excluding hydrogens is 292 g/mol. The maximum Gasteiger partial charge on any atom is 0.132 e. The number of para-hydroxylation sites is 2. The molecule has 3 rings (SSSR count). The van der Waals surface area contributed by atoms with Crippen LogP contribution in [0.25, 0.3) is 23.2 Å². The van der Waals surface area contributed by atoms with Gasteiger partial charge in [-0.3, -0.25) is 0 Å². The van der Waals surface area contributed by atoms with E-state index in [2.05, 4.69) is 4.98 Å². The van der Waals surface area contributed by atoms with Gasteiger partial charge >= 0.3 is 0 Å². The number of hydrogen-bond donors (Lipinski definition) is 0. The van der Waals surface area contributed by atoms with Crippen molar-refractivity contribution in [1.82, 2.24) is 9.55 Å². The van der Waals surface area contributed by atoms with Crippen LogP contribution < -0.4 is 4.74 Å². The number of aromatic nitrogens is 2. The van der Waals surface area contributed by atoms with E-state index in [-0.39, 0.29) is 0 Å². The van der Waals surface area contributed by atoms with Crippen LogP contribution in [0.15, 0.2) is 48.5 Å². The molecule has 0 spiro atoms. The molecule has 0 saturated heterocycles. The highest BCUT2D eigenvalue weighted by Gasteiger charge is 2.02. The molecule has 0 unspecified atom stereocenters. The quantitative estimate of drug-likeness (QED) is 0.667. The maximum atomic E-state index is 5.50. The lowest BCUT2D eigenvalue weighted by Crippen LogP contribution is -1.99. The molecule has 4 heteroatoms. The zero-order valence-electron chi connectivity index (χ0n) is 12.5. The lowest BCUT2D eigenvalue weighted by atomic mass is 10.2. The SMILES string of the molecule is COc1ccc(/C=C/c2nc3ccccc3n(C)c2=S)cc1. The molecule has 0 bridgehead atoms. The van der Waals surface area contributed by atoms with E-state index in [0.717, 1.165) is 32.7 Å². The third kappa shape index (κ3) is 2.78. The summed E-state index contributed by atoms with van der Waals surface area (Å²) in [6.45, 7) is 0. The second-order valence-electron chi connectivity index (χ2n) is 4.96. The highest BCUT2D eigenvalue weighted by atomic mass is 32.1. The molecule has 110 valence electrons. The summed E-state index contributed by atoms with van der Waals surface area (Å²) in [6, 6.07) is 15.9. The number of rotatable bonds is 3. The van der Waals surface area contributed by atoms with Crippen LogP contribution in [0.4, 0.5) is 0 Å². The van der Waals surface area contributed by atoms with Crippen LogP contribution >= 0.6 is 12.2 Å². The lowest BCUT2D eigenvalue weighted by molar-refractivity contribution is 0.415. The lowest BCUT2D eigenvalue weighted by Gasteiger charge is -2.07. The van der Waals surface area contributed by atoms with Crippen molar-refractivity contribution in [3.63, 3.8) is 0 Å².